The summed E-state index contributed by atoms with van der Waals surface area (Å²) in [5, 5.41) is 3.43. The largest absolute Gasteiger partial charge is 0.444 e. The van der Waals surface area contributed by atoms with Gasteiger partial charge in [0, 0.05) is 37.1 Å². The standard InChI is InChI=1S/C28H34N6O2/c1-19-14-24(21-11-13-30-25(15-21)29-12-10-20-8-6-5-7-9-20)32-26(31-19)33-17-23-16-22(33)18-34(23)27(35)36-28(2,3)4/h5-9,11,13-15,22-23H,10,12,16-18H2,1-4H3,(H,29,30)/t22?,23-/m0/s1. The second-order valence-corrected chi connectivity index (χ2v) is 10.6. The number of piperazine rings is 1. The Hall–Kier alpha value is -3.68. The number of fused-ring (bicyclic) bond motifs is 2. The molecule has 4 heterocycles. The number of hydrogen-bond donors (Lipinski definition) is 1. The van der Waals surface area contributed by atoms with Crippen LogP contribution in [-0.4, -0.2) is 63.3 Å². The van der Waals surface area contributed by atoms with Crippen molar-refractivity contribution in [2.75, 3.05) is 29.9 Å². The fourth-order valence-corrected chi connectivity index (χ4v) is 4.95. The third kappa shape index (κ3) is 5.42. The van der Waals surface area contributed by atoms with Crippen molar-refractivity contribution in [3.8, 4) is 11.3 Å². The van der Waals surface area contributed by atoms with E-state index in [4.69, 9.17) is 14.7 Å². The minimum absolute atomic E-state index is 0.124. The lowest BCUT2D eigenvalue weighted by atomic mass is 10.1. The van der Waals surface area contributed by atoms with Gasteiger partial charge in [-0.25, -0.2) is 19.7 Å². The summed E-state index contributed by atoms with van der Waals surface area (Å²) < 4.78 is 5.60. The van der Waals surface area contributed by atoms with Gasteiger partial charge in [-0.3, -0.25) is 0 Å². The summed E-state index contributed by atoms with van der Waals surface area (Å²) >= 11 is 0. The number of carbonyl (C=O) groups is 1. The quantitative estimate of drug-likeness (QED) is 0.541. The van der Waals surface area contributed by atoms with Crippen LogP contribution in [0.25, 0.3) is 11.3 Å². The highest BCUT2D eigenvalue weighted by Gasteiger charge is 2.47. The molecule has 0 spiro atoms. The molecule has 0 aliphatic carbocycles. The Kier molecular flexibility index (Phi) is 6.51. The molecule has 1 N–H and O–H groups in total. The van der Waals surface area contributed by atoms with Crippen molar-refractivity contribution in [3.05, 3.63) is 66.0 Å². The molecule has 2 saturated heterocycles. The van der Waals surface area contributed by atoms with Crippen molar-refractivity contribution < 1.29 is 9.53 Å². The first-order valence-corrected chi connectivity index (χ1v) is 12.6. The molecule has 5 rings (SSSR count). The van der Waals surface area contributed by atoms with E-state index in [1.807, 2.05) is 63.1 Å². The number of likely N-dealkylation sites (tertiary alicyclic amines) is 1. The molecule has 0 saturated carbocycles. The van der Waals surface area contributed by atoms with Gasteiger partial charge < -0.3 is 19.9 Å². The molecule has 2 bridgehead atoms. The topological polar surface area (TPSA) is 83.5 Å². The molecule has 8 nitrogen and oxygen atoms in total. The first-order valence-electron chi connectivity index (χ1n) is 12.6. The molecule has 2 aromatic heterocycles. The van der Waals surface area contributed by atoms with Gasteiger partial charge in [0.05, 0.1) is 17.8 Å². The Morgan fingerprint density at radius 1 is 1.08 bits per heavy atom. The summed E-state index contributed by atoms with van der Waals surface area (Å²) in [6.07, 6.45) is 3.43. The van der Waals surface area contributed by atoms with Crippen molar-refractivity contribution in [1.29, 1.82) is 0 Å². The van der Waals surface area contributed by atoms with Crippen LogP contribution in [-0.2, 0) is 11.2 Å². The van der Waals surface area contributed by atoms with Crippen LogP contribution in [0.5, 0.6) is 0 Å². The molecular formula is C28H34N6O2. The number of aryl methyl sites for hydroxylation is 1. The maximum Gasteiger partial charge on any atom is 0.410 e. The molecule has 1 aromatic carbocycles. The fourth-order valence-electron chi connectivity index (χ4n) is 4.95. The highest BCUT2D eigenvalue weighted by atomic mass is 16.6. The summed E-state index contributed by atoms with van der Waals surface area (Å²) in [7, 11) is 0. The molecule has 8 heteroatoms. The molecule has 1 unspecified atom stereocenters. The van der Waals surface area contributed by atoms with Gasteiger partial charge in [0.2, 0.25) is 5.95 Å². The number of amides is 1. The predicted octanol–water partition coefficient (Wildman–Crippen LogP) is 4.70. The van der Waals surface area contributed by atoms with Crippen LogP contribution in [0.15, 0.2) is 54.7 Å². The number of aromatic nitrogens is 3. The van der Waals surface area contributed by atoms with Crippen LogP contribution in [0.3, 0.4) is 0 Å². The van der Waals surface area contributed by atoms with Gasteiger partial charge in [0.15, 0.2) is 0 Å². The third-order valence-corrected chi connectivity index (χ3v) is 6.59. The van der Waals surface area contributed by atoms with Crippen LogP contribution in [0.4, 0.5) is 16.6 Å². The SMILES string of the molecule is Cc1cc(-c2ccnc(NCCc3ccccc3)c2)nc(N2C[C@@H]3CC2CN3C(=O)OC(C)(C)C)n1. The average molecular weight is 487 g/mol. The molecule has 36 heavy (non-hydrogen) atoms. The number of anilines is 2. The van der Waals surface area contributed by atoms with Gasteiger partial charge in [0.1, 0.15) is 11.4 Å². The number of nitrogens with zero attached hydrogens (tertiary/aromatic N) is 5. The van der Waals surface area contributed by atoms with Crippen LogP contribution in [0, 0.1) is 6.92 Å². The zero-order valence-corrected chi connectivity index (χ0v) is 21.4. The van der Waals surface area contributed by atoms with Gasteiger partial charge in [-0.15, -0.1) is 0 Å². The first-order chi connectivity index (χ1) is 17.2. The maximum atomic E-state index is 12.6. The van der Waals surface area contributed by atoms with E-state index in [9.17, 15) is 4.79 Å². The van der Waals surface area contributed by atoms with E-state index in [2.05, 4.69) is 39.5 Å². The zero-order chi connectivity index (χ0) is 25.3. The number of pyridine rings is 1. The second-order valence-electron chi connectivity index (χ2n) is 10.6. The molecule has 3 aromatic rings. The minimum Gasteiger partial charge on any atom is -0.444 e. The fraction of sp³-hybridized carbons (Fsp3) is 0.429. The molecule has 2 atom stereocenters. The van der Waals surface area contributed by atoms with Gasteiger partial charge in [0.25, 0.3) is 0 Å². The van der Waals surface area contributed by atoms with E-state index >= 15 is 0 Å². The van der Waals surface area contributed by atoms with Crippen LogP contribution in [0.1, 0.15) is 38.4 Å². The average Bonchev–Trinajstić information content (AvgIpc) is 3.45. The van der Waals surface area contributed by atoms with E-state index in [-0.39, 0.29) is 18.2 Å². The summed E-state index contributed by atoms with van der Waals surface area (Å²) in [6.45, 7) is 9.85. The Morgan fingerprint density at radius 3 is 2.61 bits per heavy atom. The van der Waals surface area contributed by atoms with E-state index < -0.39 is 5.60 Å². The van der Waals surface area contributed by atoms with Crippen LogP contribution < -0.4 is 10.2 Å². The Bertz CT molecular complexity index is 1230. The third-order valence-electron chi connectivity index (χ3n) is 6.59. The van der Waals surface area contributed by atoms with E-state index in [0.717, 1.165) is 54.6 Å². The first kappa shape index (κ1) is 24.0. The number of hydrogen-bond acceptors (Lipinski definition) is 7. The van der Waals surface area contributed by atoms with Crippen LogP contribution >= 0.6 is 0 Å². The van der Waals surface area contributed by atoms with E-state index in [0.29, 0.717) is 6.54 Å². The number of nitrogens with one attached hydrogen (secondary N) is 1. The van der Waals surface area contributed by atoms with Gasteiger partial charge in [-0.05, 0) is 64.3 Å². The number of benzene rings is 1. The second kappa shape index (κ2) is 9.76. The lowest BCUT2D eigenvalue weighted by Crippen LogP contribution is -2.50. The predicted molar refractivity (Wildman–Crippen MR) is 141 cm³/mol. The summed E-state index contributed by atoms with van der Waals surface area (Å²) in [5.74, 6) is 1.55. The van der Waals surface area contributed by atoms with Crippen molar-refractivity contribution in [3.63, 3.8) is 0 Å². The van der Waals surface area contributed by atoms with Gasteiger partial charge >= 0.3 is 6.09 Å². The molecular weight excluding hydrogens is 452 g/mol. The highest BCUT2D eigenvalue weighted by Crippen LogP contribution is 2.35. The molecule has 188 valence electrons. The Labute approximate surface area is 212 Å². The summed E-state index contributed by atoms with van der Waals surface area (Å²) in [4.78, 5) is 30.9. The van der Waals surface area contributed by atoms with Crippen molar-refractivity contribution in [2.24, 2.45) is 0 Å². The lowest BCUT2D eigenvalue weighted by Gasteiger charge is -2.35. The molecule has 0 radical (unpaired) electrons. The monoisotopic (exact) mass is 486 g/mol. The molecule has 2 fully saturated rings. The Morgan fingerprint density at radius 2 is 1.89 bits per heavy atom. The molecule has 2 aliphatic rings. The number of rotatable bonds is 6. The molecule has 1 amide bonds. The highest BCUT2D eigenvalue weighted by molar-refractivity contribution is 5.70. The van der Waals surface area contributed by atoms with Gasteiger partial charge in [-0.1, -0.05) is 30.3 Å². The minimum atomic E-state index is -0.493. The number of carbonyl (C=O) groups excluding carboxylic acids is 1. The Balaban J connectivity index is 1.27. The normalized spacial score (nSPS) is 19.0. The van der Waals surface area contributed by atoms with Crippen molar-refractivity contribution in [2.45, 2.75) is 58.2 Å². The molecule has 2 aliphatic heterocycles. The number of ether oxygens (including phenoxy) is 1. The van der Waals surface area contributed by atoms with Crippen LogP contribution in [0.2, 0.25) is 0 Å². The van der Waals surface area contributed by atoms with Gasteiger partial charge in [-0.2, -0.15) is 0 Å². The van der Waals surface area contributed by atoms with Crippen molar-refractivity contribution in [1.82, 2.24) is 19.9 Å². The van der Waals surface area contributed by atoms with E-state index in [1.54, 1.807) is 0 Å². The lowest BCUT2D eigenvalue weighted by molar-refractivity contribution is 0.0214. The smallest absolute Gasteiger partial charge is 0.410 e. The zero-order valence-electron chi connectivity index (χ0n) is 21.4. The summed E-state index contributed by atoms with van der Waals surface area (Å²) in [6, 6.07) is 16.8. The van der Waals surface area contributed by atoms with Crippen molar-refractivity contribution >= 4 is 17.9 Å². The van der Waals surface area contributed by atoms with E-state index in [1.165, 1.54) is 5.56 Å². The summed E-state index contributed by atoms with van der Waals surface area (Å²) in [5.41, 5.74) is 3.59. The maximum absolute atomic E-state index is 12.6.